The number of nitrogens with zero attached hydrogens (tertiary/aromatic N) is 3. The van der Waals surface area contributed by atoms with Gasteiger partial charge in [-0.3, -0.25) is 9.67 Å². The van der Waals surface area contributed by atoms with Gasteiger partial charge in [-0.15, -0.1) is 0 Å². The molecule has 1 atom stereocenters. The van der Waals surface area contributed by atoms with Crippen molar-refractivity contribution in [3.8, 4) is 11.1 Å². The van der Waals surface area contributed by atoms with E-state index in [4.69, 9.17) is 0 Å². The monoisotopic (exact) mass is 333 g/mol. The van der Waals surface area contributed by atoms with E-state index in [0.29, 0.717) is 29.1 Å². The molecule has 0 saturated heterocycles. The zero-order valence-corrected chi connectivity index (χ0v) is 12.6. The van der Waals surface area contributed by atoms with Crippen LogP contribution in [0.3, 0.4) is 0 Å². The van der Waals surface area contributed by atoms with Crippen LogP contribution < -0.4 is 0 Å². The normalized spacial score (nSPS) is 15.8. The fraction of sp³-hybridized carbons (Fsp3) is 0.294. The first kappa shape index (κ1) is 15.1. The summed E-state index contributed by atoms with van der Waals surface area (Å²) in [4.78, 5) is 4.22. The zero-order valence-electron chi connectivity index (χ0n) is 12.6. The molecule has 0 bridgehead atoms. The van der Waals surface area contributed by atoms with Gasteiger partial charge in [-0.2, -0.15) is 5.10 Å². The highest BCUT2D eigenvalue weighted by Gasteiger charge is 2.30. The van der Waals surface area contributed by atoms with E-state index in [-0.39, 0.29) is 5.56 Å². The lowest BCUT2D eigenvalue weighted by Crippen LogP contribution is -2.18. The molecule has 3 aromatic rings. The van der Waals surface area contributed by atoms with Crippen molar-refractivity contribution in [2.75, 3.05) is 0 Å². The SMILES string of the molecule is O[C@@H](Cn1ncc2ncc(-c3cc(F)c(F)c(F)c3)cc21)C1CC1. The van der Waals surface area contributed by atoms with Crippen LogP contribution in [0.4, 0.5) is 13.2 Å². The predicted molar refractivity (Wildman–Crippen MR) is 81.6 cm³/mol. The smallest absolute Gasteiger partial charge is 0.194 e. The minimum Gasteiger partial charge on any atom is -0.391 e. The molecule has 0 amide bonds. The molecule has 2 heterocycles. The van der Waals surface area contributed by atoms with Gasteiger partial charge in [-0.05, 0) is 42.5 Å². The number of fused-ring (bicyclic) bond motifs is 1. The summed E-state index contributed by atoms with van der Waals surface area (Å²) >= 11 is 0. The van der Waals surface area contributed by atoms with Gasteiger partial charge in [0.1, 0.15) is 5.52 Å². The summed E-state index contributed by atoms with van der Waals surface area (Å²) in [6, 6.07) is 3.54. The average molecular weight is 333 g/mol. The van der Waals surface area contributed by atoms with Crippen molar-refractivity contribution in [3.63, 3.8) is 0 Å². The lowest BCUT2D eigenvalue weighted by molar-refractivity contribution is 0.128. The van der Waals surface area contributed by atoms with E-state index in [0.717, 1.165) is 25.0 Å². The highest BCUT2D eigenvalue weighted by atomic mass is 19.2. The van der Waals surface area contributed by atoms with Gasteiger partial charge >= 0.3 is 0 Å². The molecule has 4 rings (SSSR count). The molecule has 24 heavy (non-hydrogen) atoms. The molecule has 2 aromatic heterocycles. The second kappa shape index (κ2) is 5.59. The van der Waals surface area contributed by atoms with Crippen LogP contribution in [0.15, 0.2) is 30.6 Å². The number of aromatic nitrogens is 3. The summed E-state index contributed by atoms with van der Waals surface area (Å²) in [6.07, 6.45) is 4.58. The van der Waals surface area contributed by atoms with Crippen molar-refractivity contribution in [1.82, 2.24) is 14.8 Å². The number of pyridine rings is 1. The summed E-state index contributed by atoms with van der Waals surface area (Å²) in [7, 11) is 0. The molecule has 0 spiro atoms. The summed E-state index contributed by atoms with van der Waals surface area (Å²) in [6.45, 7) is 0.339. The van der Waals surface area contributed by atoms with Crippen LogP contribution in [0.5, 0.6) is 0 Å². The van der Waals surface area contributed by atoms with Crippen LogP contribution in [0.1, 0.15) is 12.8 Å². The van der Waals surface area contributed by atoms with E-state index < -0.39 is 23.6 Å². The molecular formula is C17H14F3N3O. The molecule has 0 radical (unpaired) electrons. The molecule has 1 aliphatic rings. The molecule has 1 saturated carbocycles. The van der Waals surface area contributed by atoms with Crippen molar-refractivity contribution in [1.29, 1.82) is 0 Å². The number of aliphatic hydroxyl groups excluding tert-OH is 1. The fourth-order valence-electron chi connectivity index (χ4n) is 2.79. The number of halogens is 3. The Morgan fingerprint density at radius 2 is 1.79 bits per heavy atom. The lowest BCUT2D eigenvalue weighted by atomic mass is 10.1. The van der Waals surface area contributed by atoms with Crippen molar-refractivity contribution < 1.29 is 18.3 Å². The van der Waals surface area contributed by atoms with Gasteiger partial charge in [-0.25, -0.2) is 13.2 Å². The third-order valence-corrected chi connectivity index (χ3v) is 4.34. The van der Waals surface area contributed by atoms with Crippen LogP contribution in [-0.4, -0.2) is 26.0 Å². The minimum absolute atomic E-state index is 0.191. The van der Waals surface area contributed by atoms with Crippen LogP contribution in [0, 0.1) is 23.4 Å². The van der Waals surface area contributed by atoms with Crippen LogP contribution in [0.25, 0.3) is 22.2 Å². The van der Waals surface area contributed by atoms with E-state index >= 15 is 0 Å². The first-order chi connectivity index (χ1) is 11.5. The highest BCUT2D eigenvalue weighted by Crippen LogP contribution is 2.33. The number of benzene rings is 1. The van der Waals surface area contributed by atoms with E-state index in [9.17, 15) is 18.3 Å². The van der Waals surface area contributed by atoms with Crippen LogP contribution in [-0.2, 0) is 6.54 Å². The maximum absolute atomic E-state index is 13.4. The Hall–Kier alpha value is -2.41. The molecule has 4 nitrogen and oxygen atoms in total. The van der Waals surface area contributed by atoms with E-state index in [1.54, 1.807) is 16.9 Å². The number of aliphatic hydroxyl groups is 1. The Kier molecular flexibility index (Phi) is 3.53. The number of hydrogen-bond donors (Lipinski definition) is 1. The quantitative estimate of drug-likeness (QED) is 0.746. The third-order valence-electron chi connectivity index (χ3n) is 4.34. The van der Waals surface area contributed by atoms with Gasteiger partial charge in [-0.1, -0.05) is 0 Å². The molecular weight excluding hydrogens is 319 g/mol. The Morgan fingerprint density at radius 1 is 1.08 bits per heavy atom. The Bertz CT molecular complexity index is 898. The second-order valence-electron chi connectivity index (χ2n) is 6.11. The van der Waals surface area contributed by atoms with Gasteiger partial charge in [0.2, 0.25) is 0 Å². The predicted octanol–water partition coefficient (Wildman–Crippen LogP) is 3.29. The summed E-state index contributed by atoms with van der Waals surface area (Å²) < 4.78 is 41.6. The third kappa shape index (κ3) is 2.65. The first-order valence-corrected chi connectivity index (χ1v) is 7.67. The van der Waals surface area contributed by atoms with Gasteiger partial charge in [0.15, 0.2) is 17.5 Å². The standard InChI is InChI=1S/C17H14F3N3O/c18-12-3-10(4-13(19)17(12)20)11-5-15-14(21-6-11)7-22-23(15)8-16(24)9-1-2-9/h3-7,9,16,24H,1-2,8H2/t16-/m0/s1. The second-order valence-corrected chi connectivity index (χ2v) is 6.11. The Labute approximate surface area is 135 Å². The van der Waals surface area contributed by atoms with E-state index in [1.165, 1.54) is 6.20 Å². The van der Waals surface area contributed by atoms with Gasteiger partial charge in [0.25, 0.3) is 0 Å². The molecule has 0 unspecified atom stereocenters. The van der Waals surface area contributed by atoms with Crippen molar-refractivity contribution in [2.24, 2.45) is 5.92 Å². The van der Waals surface area contributed by atoms with Gasteiger partial charge in [0, 0.05) is 11.8 Å². The molecule has 124 valence electrons. The molecule has 1 aliphatic carbocycles. The van der Waals surface area contributed by atoms with Gasteiger partial charge < -0.3 is 5.11 Å². The van der Waals surface area contributed by atoms with Crippen molar-refractivity contribution in [3.05, 3.63) is 48.0 Å². The molecule has 7 heteroatoms. The lowest BCUT2D eigenvalue weighted by Gasteiger charge is -2.10. The molecule has 1 N–H and O–H groups in total. The number of rotatable bonds is 4. The van der Waals surface area contributed by atoms with Crippen molar-refractivity contribution >= 4 is 11.0 Å². The largest absolute Gasteiger partial charge is 0.391 e. The van der Waals surface area contributed by atoms with E-state index in [2.05, 4.69) is 10.1 Å². The minimum atomic E-state index is -1.50. The van der Waals surface area contributed by atoms with Gasteiger partial charge in [0.05, 0.1) is 24.4 Å². The summed E-state index contributed by atoms with van der Waals surface area (Å²) in [5.41, 5.74) is 1.90. The fourth-order valence-corrected chi connectivity index (χ4v) is 2.79. The molecule has 1 fully saturated rings. The maximum Gasteiger partial charge on any atom is 0.194 e. The topological polar surface area (TPSA) is 50.9 Å². The summed E-state index contributed by atoms with van der Waals surface area (Å²) in [5, 5.41) is 14.3. The average Bonchev–Trinajstić information content (AvgIpc) is 3.35. The summed E-state index contributed by atoms with van der Waals surface area (Å²) in [5.74, 6) is -3.68. The maximum atomic E-state index is 13.4. The van der Waals surface area contributed by atoms with Crippen LogP contribution >= 0.6 is 0 Å². The highest BCUT2D eigenvalue weighted by molar-refractivity contribution is 5.80. The zero-order chi connectivity index (χ0) is 16.8. The molecule has 0 aliphatic heterocycles. The van der Waals surface area contributed by atoms with Crippen molar-refractivity contribution in [2.45, 2.75) is 25.5 Å². The molecule has 1 aromatic carbocycles. The number of hydrogen-bond acceptors (Lipinski definition) is 3. The Morgan fingerprint density at radius 3 is 2.46 bits per heavy atom. The first-order valence-electron chi connectivity index (χ1n) is 7.67. The Balaban J connectivity index is 1.74. The van der Waals surface area contributed by atoms with Crippen LogP contribution in [0.2, 0.25) is 0 Å². The van der Waals surface area contributed by atoms with E-state index in [1.807, 2.05) is 0 Å².